The fourth-order valence-electron chi connectivity index (χ4n) is 5.61. The largest absolute Gasteiger partial charge is 0.367 e. The molecule has 0 amide bonds. The number of hydrogen-bond acceptors (Lipinski definition) is 5. The Morgan fingerprint density at radius 3 is 1.89 bits per heavy atom. The molecular formula is C37H36ClN2O5S2+. The van der Waals surface area contributed by atoms with Crippen molar-refractivity contribution < 1.29 is 26.0 Å². The number of halogens is 1. The lowest BCUT2D eigenvalue weighted by Gasteiger charge is -2.24. The quantitative estimate of drug-likeness (QED) is 0.0998. The van der Waals surface area contributed by atoms with Crippen molar-refractivity contribution in [3.63, 3.8) is 0 Å². The van der Waals surface area contributed by atoms with Crippen molar-refractivity contribution in [2.75, 3.05) is 18.0 Å². The highest BCUT2D eigenvalue weighted by Crippen LogP contribution is 2.36. The van der Waals surface area contributed by atoms with Gasteiger partial charge in [0.2, 0.25) is 0 Å². The second-order valence-corrected chi connectivity index (χ2v) is 15.0. The summed E-state index contributed by atoms with van der Waals surface area (Å²) in [6.45, 7) is 7.13. The summed E-state index contributed by atoms with van der Waals surface area (Å²) in [5.41, 5.74) is 6.32. The fraction of sp³-hybridized carbons (Fsp3) is 0.162. The lowest BCUT2D eigenvalue weighted by Crippen LogP contribution is -2.21. The average Bonchev–Trinajstić information content (AvgIpc) is 3.07. The molecule has 0 fully saturated rings. The van der Waals surface area contributed by atoms with E-state index in [0.29, 0.717) is 29.8 Å². The Morgan fingerprint density at radius 2 is 1.36 bits per heavy atom. The smallest absolute Gasteiger partial charge is 0.295 e. The Labute approximate surface area is 281 Å². The third kappa shape index (κ3) is 8.36. The number of allylic oxidation sites excluding steroid dienone is 5. The highest BCUT2D eigenvalue weighted by atomic mass is 35.7. The van der Waals surface area contributed by atoms with Gasteiger partial charge in [-0.15, -0.1) is 0 Å². The van der Waals surface area contributed by atoms with E-state index in [9.17, 15) is 21.4 Å². The number of anilines is 1. The van der Waals surface area contributed by atoms with Crippen LogP contribution in [-0.4, -0.2) is 44.8 Å². The van der Waals surface area contributed by atoms with Gasteiger partial charge in [-0.25, -0.2) is 13.0 Å². The van der Waals surface area contributed by atoms with E-state index in [1.807, 2.05) is 85.0 Å². The molecule has 0 saturated carbocycles. The lowest BCUT2D eigenvalue weighted by molar-refractivity contribution is -0.539. The molecule has 0 spiro atoms. The number of hydrogen-bond donors (Lipinski definition) is 1. The van der Waals surface area contributed by atoms with Crippen LogP contribution in [-0.2, 0) is 32.3 Å². The van der Waals surface area contributed by atoms with Gasteiger partial charge in [0.25, 0.3) is 19.2 Å². The first kappa shape index (κ1) is 34.1. The number of nitrogens with zero attached hydrogens (tertiary/aromatic N) is 2. The van der Waals surface area contributed by atoms with Crippen LogP contribution < -0.4 is 4.90 Å². The highest BCUT2D eigenvalue weighted by Gasteiger charge is 2.25. The Morgan fingerprint density at radius 1 is 0.766 bits per heavy atom. The van der Waals surface area contributed by atoms with Gasteiger partial charge in [-0.1, -0.05) is 78.9 Å². The molecule has 0 bridgehead atoms. The van der Waals surface area contributed by atoms with Crippen molar-refractivity contribution in [1.29, 1.82) is 0 Å². The first-order valence-electron chi connectivity index (χ1n) is 15.2. The summed E-state index contributed by atoms with van der Waals surface area (Å²) in [5.74, 6) is 0. The molecule has 4 aromatic carbocycles. The zero-order chi connectivity index (χ0) is 33.6. The minimum Gasteiger partial charge on any atom is -0.367 e. The molecule has 1 aliphatic carbocycles. The van der Waals surface area contributed by atoms with Gasteiger partial charge in [0, 0.05) is 52.7 Å². The van der Waals surface area contributed by atoms with Gasteiger partial charge in [-0.3, -0.25) is 4.55 Å². The van der Waals surface area contributed by atoms with E-state index >= 15 is 0 Å². The van der Waals surface area contributed by atoms with Crippen LogP contribution in [0.2, 0.25) is 0 Å². The predicted molar refractivity (Wildman–Crippen MR) is 189 cm³/mol. The van der Waals surface area contributed by atoms with Crippen molar-refractivity contribution in [2.45, 2.75) is 36.7 Å². The van der Waals surface area contributed by atoms with E-state index in [1.165, 1.54) is 23.3 Å². The topological polar surface area (TPSA) is 94.8 Å². The maximum Gasteiger partial charge on any atom is 0.295 e. The standard InChI is InChI=1S/C37H35ClN2O5S2/c1-3-39(26-28-11-7-5-8-12-28)32-19-15-30(16-20-32)37(35-24-23-34(46(38,41)42)25-36(35)47(43,44)45)31-17-21-33(22-18-31)40(4-2)27-29-13-9-6-10-14-29/h5-25H,3-4,26-27H2,1-2H3/p+1. The number of benzene rings is 4. The van der Waals surface area contributed by atoms with Gasteiger partial charge in [0.05, 0.1) is 4.90 Å². The summed E-state index contributed by atoms with van der Waals surface area (Å²) >= 11 is 0. The summed E-state index contributed by atoms with van der Waals surface area (Å²) in [4.78, 5) is 1.24. The first-order chi connectivity index (χ1) is 22.5. The zero-order valence-electron chi connectivity index (χ0n) is 26.1. The third-order valence-corrected chi connectivity index (χ3v) is 10.3. The summed E-state index contributed by atoms with van der Waals surface area (Å²) in [5, 5.41) is 0. The molecule has 0 radical (unpaired) electrons. The molecule has 4 aromatic rings. The molecule has 1 N–H and O–H groups in total. The van der Waals surface area contributed by atoms with Crippen LogP contribution >= 0.6 is 10.7 Å². The lowest BCUT2D eigenvalue weighted by atomic mass is 9.90. The summed E-state index contributed by atoms with van der Waals surface area (Å²) < 4.78 is 62.2. The van der Waals surface area contributed by atoms with Gasteiger partial charge in [-0.05, 0) is 72.5 Å². The van der Waals surface area contributed by atoms with Crippen molar-refractivity contribution >= 4 is 46.8 Å². The Kier molecular flexibility index (Phi) is 10.6. The summed E-state index contributed by atoms with van der Waals surface area (Å²) in [7, 11) is -3.56. The zero-order valence-corrected chi connectivity index (χ0v) is 28.5. The van der Waals surface area contributed by atoms with Gasteiger partial charge in [0.15, 0.2) is 12.3 Å². The molecule has 242 valence electrons. The van der Waals surface area contributed by atoms with Gasteiger partial charge < -0.3 is 4.90 Å². The van der Waals surface area contributed by atoms with Crippen LogP contribution in [0.4, 0.5) is 5.69 Å². The van der Waals surface area contributed by atoms with E-state index < -0.39 is 29.0 Å². The van der Waals surface area contributed by atoms with Crippen molar-refractivity contribution in [3.05, 3.63) is 155 Å². The van der Waals surface area contributed by atoms with Crippen LogP contribution in [0.3, 0.4) is 0 Å². The Balaban J connectivity index is 1.63. The molecule has 0 aromatic heterocycles. The average molecular weight is 688 g/mol. The molecular weight excluding hydrogens is 652 g/mol. The minimum atomic E-state index is -4.86. The van der Waals surface area contributed by atoms with E-state index in [2.05, 4.69) is 47.6 Å². The van der Waals surface area contributed by atoms with Crippen molar-refractivity contribution in [3.8, 4) is 0 Å². The summed E-state index contributed by atoms with van der Waals surface area (Å²) in [6, 6.07) is 31.6. The maximum atomic E-state index is 12.7. The molecule has 0 heterocycles. The second-order valence-electron chi connectivity index (χ2n) is 11.0. The molecule has 0 unspecified atom stereocenters. The first-order valence-corrected chi connectivity index (χ1v) is 18.9. The van der Waals surface area contributed by atoms with E-state index in [1.54, 1.807) is 0 Å². The van der Waals surface area contributed by atoms with E-state index in [0.717, 1.165) is 30.6 Å². The molecule has 0 aliphatic heterocycles. The molecule has 7 nitrogen and oxygen atoms in total. The SMILES string of the molecule is CCN(Cc1ccccc1)c1ccc(C(=C2C=CC(=[N+](CC)Cc3ccccc3)C=C2)c2ccc(S(=O)(=O)Cl)cc2S(=O)(=O)O)cc1. The highest BCUT2D eigenvalue weighted by molar-refractivity contribution is 8.13. The van der Waals surface area contributed by atoms with Crippen LogP contribution in [0.5, 0.6) is 0 Å². The van der Waals surface area contributed by atoms with Crippen LogP contribution in [0, 0.1) is 0 Å². The van der Waals surface area contributed by atoms with E-state index in [-0.39, 0.29) is 5.56 Å². The Hall–Kier alpha value is -4.28. The molecule has 5 rings (SSSR count). The van der Waals surface area contributed by atoms with Crippen LogP contribution in [0.25, 0.3) is 5.57 Å². The van der Waals surface area contributed by atoms with Gasteiger partial charge >= 0.3 is 0 Å². The fourth-order valence-corrected chi connectivity index (χ4v) is 7.18. The van der Waals surface area contributed by atoms with Crippen molar-refractivity contribution in [1.82, 2.24) is 0 Å². The molecule has 47 heavy (non-hydrogen) atoms. The van der Waals surface area contributed by atoms with Crippen LogP contribution in [0.1, 0.15) is 36.1 Å². The van der Waals surface area contributed by atoms with Gasteiger partial charge in [0.1, 0.15) is 11.4 Å². The van der Waals surface area contributed by atoms with Crippen LogP contribution in [0.15, 0.2) is 143 Å². The predicted octanol–water partition coefficient (Wildman–Crippen LogP) is 7.49. The monoisotopic (exact) mass is 687 g/mol. The van der Waals surface area contributed by atoms with Crippen molar-refractivity contribution in [2.24, 2.45) is 0 Å². The van der Waals surface area contributed by atoms with E-state index in [4.69, 9.17) is 10.7 Å². The third-order valence-electron chi connectivity index (χ3n) is 8.02. The molecule has 10 heteroatoms. The summed E-state index contributed by atoms with van der Waals surface area (Å²) in [6.07, 6.45) is 7.75. The second kappa shape index (κ2) is 14.6. The number of rotatable bonds is 11. The molecule has 1 aliphatic rings. The molecule has 0 atom stereocenters. The normalized spacial score (nSPS) is 13.1. The maximum absolute atomic E-state index is 12.7. The minimum absolute atomic E-state index is 0.144. The molecule has 0 saturated heterocycles. The Bertz CT molecular complexity index is 2070. The van der Waals surface area contributed by atoms with Gasteiger partial charge in [-0.2, -0.15) is 8.42 Å².